The van der Waals surface area contributed by atoms with Crippen LogP contribution in [0.2, 0.25) is 0 Å². The molecule has 0 aliphatic carbocycles. The Morgan fingerprint density at radius 1 is 1.06 bits per heavy atom. The second-order valence-corrected chi connectivity index (χ2v) is 8.83. The molecule has 2 heterocycles. The van der Waals surface area contributed by atoms with Crippen LogP contribution in [0, 0.1) is 0 Å². The maximum atomic E-state index is 12.8. The molecular formula is C25H26N4O2S. The summed E-state index contributed by atoms with van der Waals surface area (Å²) in [5.74, 6) is 1.06. The van der Waals surface area contributed by atoms with Crippen molar-refractivity contribution in [2.45, 2.75) is 24.3 Å². The number of aromatic nitrogens is 1. The zero-order valence-electron chi connectivity index (χ0n) is 18.0. The zero-order chi connectivity index (χ0) is 22.3. The van der Waals surface area contributed by atoms with Crippen LogP contribution in [-0.2, 0) is 11.2 Å². The number of amides is 3. The van der Waals surface area contributed by atoms with Gasteiger partial charge in [0, 0.05) is 30.7 Å². The van der Waals surface area contributed by atoms with Crippen LogP contribution in [0.1, 0.15) is 24.0 Å². The molecule has 1 aliphatic rings. The third kappa shape index (κ3) is 5.48. The number of hydrogen-bond acceptors (Lipinski definition) is 4. The van der Waals surface area contributed by atoms with Crippen molar-refractivity contribution >= 4 is 35.1 Å². The molecule has 0 radical (unpaired) electrons. The van der Waals surface area contributed by atoms with Crippen LogP contribution in [-0.4, -0.2) is 35.8 Å². The van der Waals surface area contributed by atoms with Gasteiger partial charge >= 0.3 is 6.03 Å². The van der Waals surface area contributed by atoms with Crippen LogP contribution in [0.25, 0.3) is 0 Å². The van der Waals surface area contributed by atoms with E-state index in [1.807, 2.05) is 54.6 Å². The van der Waals surface area contributed by atoms with Gasteiger partial charge in [0.1, 0.15) is 5.03 Å². The third-order valence-corrected chi connectivity index (χ3v) is 6.36. The molecule has 1 aromatic heterocycles. The molecule has 0 saturated carbocycles. The third-order valence-electron chi connectivity index (χ3n) is 5.38. The molecule has 2 N–H and O–H groups in total. The first-order valence-corrected chi connectivity index (χ1v) is 11.7. The van der Waals surface area contributed by atoms with E-state index in [4.69, 9.17) is 0 Å². The maximum absolute atomic E-state index is 12.8. The summed E-state index contributed by atoms with van der Waals surface area (Å²) in [6.07, 6.45) is 2.04. The molecule has 3 amide bonds. The molecule has 1 atom stereocenters. The van der Waals surface area contributed by atoms with E-state index < -0.39 is 0 Å². The lowest BCUT2D eigenvalue weighted by Gasteiger charge is -2.28. The van der Waals surface area contributed by atoms with Crippen molar-refractivity contribution in [1.82, 2.24) is 10.3 Å². The highest BCUT2D eigenvalue weighted by molar-refractivity contribution is 7.99. The number of nitrogens with one attached hydrogen (secondary N) is 2. The summed E-state index contributed by atoms with van der Waals surface area (Å²) in [7, 11) is 0. The number of carbonyl (C=O) groups excluding carboxylic acids is 2. The minimum atomic E-state index is -0.181. The lowest BCUT2D eigenvalue weighted by Crippen LogP contribution is -2.38. The monoisotopic (exact) mass is 446 g/mol. The summed E-state index contributed by atoms with van der Waals surface area (Å²) in [4.78, 5) is 31.2. The Morgan fingerprint density at radius 3 is 2.62 bits per heavy atom. The Hall–Kier alpha value is -3.32. The first kappa shape index (κ1) is 21.9. The molecule has 2 aromatic carbocycles. The van der Waals surface area contributed by atoms with Crippen LogP contribution < -0.4 is 15.5 Å². The van der Waals surface area contributed by atoms with E-state index in [1.165, 1.54) is 5.56 Å². The second kappa shape index (κ2) is 10.3. The van der Waals surface area contributed by atoms with E-state index in [2.05, 4.69) is 34.7 Å². The van der Waals surface area contributed by atoms with E-state index in [1.54, 1.807) is 22.9 Å². The van der Waals surface area contributed by atoms with Crippen LogP contribution in [0.3, 0.4) is 0 Å². The number of fused-ring (bicyclic) bond motifs is 1. The van der Waals surface area contributed by atoms with E-state index in [0.29, 0.717) is 25.2 Å². The van der Waals surface area contributed by atoms with Gasteiger partial charge in [0.15, 0.2) is 0 Å². The quantitative estimate of drug-likeness (QED) is 0.576. The van der Waals surface area contributed by atoms with Gasteiger partial charge in [-0.15, -0.1) is 11.8 Å². The highest BCUT2D eigenvalue weighted by atomic mass is 32.2. The predicted molar refractivity (Wildman–Crippen MR) is 129 cm³/mol. The smallest absolute Gasteiger partial charge is 0.326 e. The van der Waals surface area contributed by atoms with E-state index in [9.17, 15) is 9.59 Å². The number of thioether (sulfide) groups is 1. The van der Waals surface area contributed by atoms with Crippen molar-refractivity contribution in [1.29, 1.82) is 0 Å². The van der Waals surface area contributed by atoms with Gasteiger partial charge in [0.25, 0.3) is 0 Å². The molecule has 0 fully saturated rings. The van der Waals surface area contributed by atoms with Gasteiger partial charge in [-0.05, 0) is 41.3 Å². The summed E-state index contributed by atoms with van der Waals surface area (Å²) in [6, 6.07) is 21.1. The summed E-state index contributed by atoms with van der Waals surface area (Å²) >= 11 is 1.66. The van der Waals surface area contributed by atoms with Crippen LogP contribution >= 0.6 is 11.8 Å². The fourth-order valence-electron chi connectivity index (χ4n) is 3.58. The minimum Gasteiger partial charge on any atom is -0.355 e. The number of pyridine rings is 1. The number of carbonyl (C=O) groups is 2. The molecule has 32 heavy (non-hydrogen) atoms. The molecular weight excluding hydrogens is 420 g/mol. The fourth-order valence-corrected chi connectivity index (χ4v) is 4.50. The average Bonchev–Trinajstić information content (AvgIpc) is 2.84. The number of nitrogens with zero attached hydrogens (tertiary/aromatic N) is 2. The summed E-state index contributed by atoms with van der Waals surface area (Å²) in [5.41, 5.74) is 3.63. The second-order valence-electron chi connectivity index (χ2n) is 7.75. The van der Waals surface area contributed by atoms with Crippen molar-refractivity contribution in [3.05, 3.63) is 84.1 Å². The van der Waals surface area contributed by atoms with Crippen LogP contribution in [0.4, 0.5) is 16.2 Å². The standard InChI is InChI=1S/C25H26N4O2S/c1-18(20-6-3-2-4-7-20)17-27-23(30)16-19-9-11-21(12-10-19)28-25(31)29-14-15-32-24-22(29)8-5-13-26-24/h2-13,18H,14-17H2,1H3,(H,27,30)(H,28,31)/t18-/m1/s1. The lowest BCUT2D eigenvalue weighted by atomic mass is 10.0. The van der Waals surface area contributed by atoms with Gasteiger partial charge in [0.2, 0.25) is 5.91 Å². The Morgan fingerprint density at radius 2 is 1.84 bits per heavy atom. The SMILES string of the molecule is C[C@H](CNC(=O)Cc1ccc(NC(=O)N2CCSc3ncccc32)cc1)c1ccccc1. The predicted octanol–water partition coefficient (Wildman–Crippen LogP) is 4.69. The highest BCUT2D eigenvalue weighted by Crippen LogP contribution is 2.32. The molecule has 164 valence electrons. The van der Waals surface area contributed by atoms with Crippen molar-refractivity contribution in [3.8, 4) is 0 Å². The topological polar surface area (TPSA) is 74.3 Å². The maximum Gasteiger partial charge on any atom is 0.326 e. The zero-order valence-corrected chi connectivity index (χ0v) is 18.8. The molecule has 0 unspecified atom stereocenters. The molecule has 4 rings (SSSR count). The lowest BCUT2D eigenvalue weighted by molar-refractivity contribution is -0.120. The van der Waals surface area contributed by atoms with Gasteiger partial charge < -0.3 is 10.6 Å². The normalized spacial score (nSPS) is 13.7. The summed E-state index contributed by atoms with van der Waals surface area (Å²) in [6.45, 7) is 3.33. The largest absolute Gasteiger partial charge is 0.355 e. The molecule has 0 saturated heterocycles. The molecule has 6 nitrogen and oxygen atoms in total. The van der Waals surface area contributed by atoms with E-state index in [0.717, 1.165) is 22.0 Å². The number of benzene rings is 2. The fraction of sp³-hybridized carbons (Fsp3) is 0.240. The van der Waals surface area contributed by atoms with Gasteiger partial charge in [-0.3, -0.25) is 9.69 Å². The first-order chi connectivity index (χ1) is 15.6. The van der Waals surface area contributed by atoms with Crippen molar-refractivity contribution in [2.24, 2.45) is 0 Å². The van der Waals surface area contributed by atoms with Crippen molar-refractivity contribution < 1.29 is 9.59 Å². The first-order valence-electron chi connectivity index (χ1n) is 10.7. The Labute approximate surface area is 192 Å². The van der Waals surface area contributed by atoms with Gasteiger partial charge in [-0.1, -0.05) is 49.4 Å². The molecule has 3 aromatic rings. The van der Waals surface area contributed by atoms with Crippen molar-refractivity contribution in [3.63, 3.8) is 0 Å². The van der Waals surface area contributed by atoms with E-state index >= 15 is 0 Å². The number of hydrogen-bond donors (Lipinski definition) is 2. The number of anilines is 2. The number of urea groups is 1. The molecule has 0 spiro atoms. The van der Waals surface area contributed by atoms with Gasteiger partial charge in [0.05, 0.1) is 12.1 Å². The molecule has 0 bridgehead atoms. The van der Waals surface area contributed by atoms with Gasteiger partial charge in [-0.2, -0.15) is 0 Å². The minimum absolute atomic E-state index is 0.0144. The van der Waals surface area contributed by atoms with Gasteiger partial charge in [-0.25, -0.2) is 9.78 Å². The average molecular weight is 447 g/mol. The van der Waals surface area contributed by atoms with Crippen molar-refractivity contribution in [2.75, 3.05) is 29.1 Å². The molecule has 1 aliphatic heterocycles. The number of rotatable bonds is 6. The van der Waals surface area contributed by atoms with E-state index in [-0.39, 0.29) is 17.9 Å². The Balaban J connectivity index is 1.29. The highest BCUT2D eigenvalue weighted by Gasteiger charge is 2.23. The van der Waals surface area contributed by atoms with Crippen LogP contribution in [0.5, 0.6) is 0 Å². The van der Waals surface area contributed by atoms with Crippen LogP contribution in [0.15, 0.2) is 78.0 Å². The Bertz CT molecular complexity index is 1070. The summed E-state index contributed by atoms with van der Waals surface area (Å²) in [5, 5.41) is 6.82. The Kier molecular flexibility index (Phi) is 7.07. The summed E-state index contributed by atoms with van der Waals surface area (Å²) < 4.78 is 0. The molecule has 7 heteroatoms.